The van der Waals surface area contributed by atoms with E-state index >= 15 is 0 Å². The summed E-state index contributed by atoms with van der Waals surface area (Å²) in [7, 11) is 0. The van der Waals surface area contributed by atoms with Crippen LogP contribution in [0.5, 0.6) is 11.5 Å². The molecular formula is C35H32ClFN2O5S. The molecule has 1 aliphatic heterocycles. The molecule has 0 saturated heterocycles. The Bertz CT molecular complexity index is 1960. The summed E-state index contributed by atoms with van der Waals surface area (Å²) in [4.78, 5) is 32.2. The van der Waals surface area contributed by atoms with Gasteiger partial charge >= 0.3 is 5.97 Å². The van der Waals surface area contributed by atoms with Gasteiger partial charge in [-0.25, -0.2) is 14.2 Å². The third kappa shape index (κ3) is 6.79. The highest BCUT2D eigenvalue weighted by Gasteiger charge is 2.33. The summed E-state index contributed by atoms with van der Waals surface area (Å²) in [6, 6.07) is 16.1. The number of fused-ring (bicyclic) bond motifs is 1. The highest BCUT2D eigenvalue weighted by molar-refractivity contribution is 7.07. The summed E-state index contributed by atoms with van der Waals surface area (Å²) in [5.74, 6) is 0.0864. The molecule has 0 amide bonds. The van der Waals surface area contributed by atoms with E-state index in [-0.39, 0.29) is 24.3 Å². The van der Waals surface area contributed by atoms with Crippen molar-refractivity contribution >= 4 is 35.0 Å². The number of aromatic nitrogens is 1. The van der Waals surface area contributed by atoms with E-state index in [0.29, 0.717) is 55.7 Å². The van der Waals surface area contributed by atoms with E-state index in [1.54, 1.807) is 38.1 Å². The van der Waals surface area contributed by atoms with Crippen LogP contribution >= 0.6 is 22.9 Å². The zero-order valence-electron chi connectivity index (χ0n) is 25.1. The molecule has 0 aliphatic carbocycles. The minimum atomic E-state index is -0.834. The van der Waals surface area contributed by atoms with Crippen LogP contribution in [0.1, 0.15) is 49.1 Å². The molecule has 4 aromatic rings. The van der Waals surface area contributed by atoms with Gasteiger partial charge in [-0.05, 0) is 74.7 Å². The van der Waals surface area contributed by atoms with Crippen molar-refractivity contribution in [1.29, 1.82) is 0 Å². The maximum atomic E-state index is 14.0. The lowest BCUT2D eigenvalue weighted by atomic mass is 9.96. The summed E-state index contributed by atoms with van der Waals surface area (Å²) >= 11 is 7.56. The minimum Gasteiger partial charge on any atom is -0.490 e. The number of benzene rings is 3. The Kier molecular flexibility index (Phi) is 10.0. The largest absolute Gasteiger partial charge is 0.490 e. The predicted molar refractivity (Wildman–Crippen MR) is 174 cm³/mol. The van der Waals surface area contributed by atoms with E-state index in [0.717, 1.165) is 11.1 Å². The van der Waals surface area contributed by atoms with Crippen LogP contribution < -0.4 is 24.4 Å². The zero-order valence-corrected chi connectivity index (χ0v) is 26.7. The van der Waals surface area contributed by atoms with E-state index in [1.807, 2.05) is 43.3 Å². The molecule has 1 atom stereocenters. The van der Waals surface area contributed by atoms with Crippen molar-refractivity contribution in [3.8, 4) is 11.5 Å². The van der Waals surface area contributed by atoms with E-state index in [2.05, 4.69) is 11.6 Å². The monoisotopic (exact) mass is 646 g/mol. The van der Waals surface area contributed by atoms with Crippen molar-refractivity contribution in [2.24, 2.45) is 4.99 Å². The Hall–Kier alpha value is -4.47. The van der Waals surface area contributed by atoms with Crippen molar-refractivity contribution in [2.45, 2.75) is 39.8 Å². The first-order valence-electron chi connectivity index (χ1n) is 14.5. The third-order valence-electron chi connectivity index (χ3n) is 7.15. The highest BCUT2D eigenvalue weighted by Crippen LogP contribution is 2.36. The minimum absolute atomic E-state index is 0.156. The normalized spacial score (nSPS) is 14.5. The van der Waals surface area contributed by atoms with E-state index in [1.165, 1.54) is 28.0 Å². The fourth-order valence-electron chi connectivity index (χ4n) is 5.17. The number of carbonyl (C=O) groups is 1. The smallest absolute Gasteiger partial charge is 0.338 e. The van der Waals surface area contributed by atoms with Crippen molar-refractivity contribution in [3.63, 3.8) is 0 Å². The number of allylic oxidation sites excluding steroid dienone is 2. The molecule has 0 bridgehead atoms. The number of nitrogens with zero attached hydrogens (tertiary/aromatic N) is 2. The Labute approximate surface area is 269 Å². The lowest BCUT2D eigenvalue weighted by Gasteiger charge is -2.24. The fraction of sp³-hybridized carbons (Fsp3) is 0.229. The molecule has 2 heterocycles. The van der Waals surface area contributed by atoms with Crippen LogP contribution in [0.25, 0.3) is 6.08 Å². The van der Waals surface area contributed by atoms with Crippen molar-refractivity contribution in [1.82, 2.24) is 4.57 Å². The van der Waals surface area contributed by atoms with Gasteiger partial charge in [-0.1, -0.05) is 59.3 Å². The number of esters is 1. The molecule has 45 heavy (non-hydrogen) atoms. The lowest BCUT2D eigenvalue weighted by molar-refractivity contribution is -0.139. The molecule has 1 aliphatic rings. The predicted octanol–water partition coefficient (Wildman–Crippen LogP) is 6.30. The second-order valence-electron chi connectivity index (χ2n) is 10.2. The fourth-order valence-corrected chi connectivity index (χ4v) is 6.41. The topological polar surface area (TPSA) is 79.1 Å². The number of rotatable bonds is 11. The molecule has 5 rings (SSSR count). The molecule has 232 valence electrons. The summed E-state index contributed by atoms with van der Waals surface area (Å²) in [6.07, 6.45) is 4.03. The van der Waals surface area contributed by atoms with Crippen LogP contribution in [0.2, 0.25) is 5.02 Å². The van der Waals surface area contributed by atoms with E-state index in [9.17, 15) is 14.0 Å². The standard InChI is InChI=1S/C35H32ClFN2O5S/c1-5-10-24-17-22(18-28(42-6-2)32(24)44-20-25-11-8-9-12-27(25)36)19-29-33(40)39-31(23-13-15-26(37)16-14-23)30(34(41)43-7-3)21(4)38-35(39)45-29/h5,8-9,11-19,31H,1,6-7,10,20H2,2-4H3/b29-19+/t31-/m1/s1. The molecule has 0 saturated carbocycles. The van der Waals surface area contributed by atoms with E-state index in [4.69, 9.17) is 25.8 Å². The molecule has 0 fully saturated rings. The Morgan fingerprint density at radius 1 is 1.09 bits per heavy atom. The Morgan fingerprint density at radius 3 is 2.53 bits per heavy atom. The van der Waals surface area contributed by atoms with Crippen molar-refractivity contribution in [3.05, 3.63) is 137 Å². The molecule has 1 aromatic heterocycles. The Morgan fingerprint density at radius 2 is 1.84 bits per heavy atom. The average molecular weight is 647 g/mol. The number of carbonyl (C=O) groups excluding carboxylic acids is 1. The van der Waals surface area contributed by atoms with Gasteiger partial charge in [0, 0.05) is 16.1 Å². The van der Waals surface area contributed by atoms with Gasteiger partial charge in [0.15, 0.2) is 16.3 Å². The highest BCUT2D eigenvalue weighted by atomic mass is 35.5. The number of hydrogen-bond donors (Lipinski definition) is 0. The first-order chi connectivity index (χ1) is 21.7. The van der Waals surface area contributed by atoms with Gasteiger partial charge in [-0.2, -0.15) is 0 Å². The maximum absolute atomic E-state index is 14.0. The van der Waals surface area contributed by atoms with Crippen LogP contribution in [0.3, 0.4) is 0 Å². The van der Waals surface area contributed by atoms with Gasteiger partial charge in [0.1, 0.15) is 12.4 Å². The zero-order chi connectivity index (χ0) is 32.1. The van der Waals surface area contributed by atoms with Crippen molar-refractivity contribution in [2.75, 3.05) is 13.2 Å². The number of hydrogen-bond acceptors (Lipinski definition) is 7. The first kappa shape index (κ1) is 31.9. The van der Waals surface area contributed by atoms with Gasteiger partial charge in [0.2, 0.25) is 0 Å². The maximum Gasteiger partial charge on any atom is 0.338 e. The second kappa shape index (κ2) is 14.1. The average Bonchev–Trinajstić information content (AvgIpc) is 3.31. The van der Waals surface area contributed by atoms with Gasteiger partial charge in [0.05, 0.1) is 35.1 Å². The van der Waals surface area contributed by atoms with Gasteiger partial charge in [0.25, 0.3) is 5.56 Å². The van der Waals surface area contributed by atoms with Crippen LogP contribution in [0, 0.1) is 5.82 Å². The molecule has 0 N–H and O–H groups in total. The van der Waals surface area contributed by atoms with Crippen LogP contribution in [0.15, 0.2) is 94.4 Å². The Balaban J connectivity index is 1.63. The van der Waals surface area contributed by atoms with Crippen LogP contribution in [0.4, 0.5) is 4.39 Å². The van der Waals surface area contributed by atoms with Gasteiger partial charge in [-0.3, -0.25) is 9.36 Å². The molecule has 10 heteroatoms. The SMILES string of the molecule is C=CCc1cc(/C=c2/sc3n(c2=O)[C@H](c2ccc(F)cc2)C(C(=O)OCC)=C(C)N=3)cc(OCC)c1OCc1ccccc1Cl. The molecule has 0 radical (unpaired) electrons. The molecular weight excluding hydrogens is 615 g/mol. The quantitative estimate of drug-likeness (QED) is 0.141. The van der Waals surface area contributed by atoms with Gasteiger partial charge in [-0.15, -0.1) is 6.58 Å². The second-order valence-corrected chi connectivity index (χ2v) is 11.6. The summed E-state index contributed by atoms with van der Waals surface area (Å²) < 4.78 is 33.3. The number of ether oxygens (including phenoxy) is 3. The third-order valence-corrected chi connectivity index (χ3v) is 8.50. The van der Waals surface area contributed by atoms with Gasteiger partial charge < -0.3 is 14.2 Å². The first-order valence-corrected chi connectivity index (χ1v) is 15.7. The van der Waals surface area contributed by atoms with E-state index < -0.39 is 17.8 Å². The lowest BCUT2D eigenvalue weighted by Crippen LogP contribution is -2.39. The number of thiazole rings is 1. The number of halogens is 2. The summed E-state index contributed by atoms with van der Waals surface area (Å²) in [6.45, 7) is 10.00. The van der Waals surface area contributed by atoms with Crippen LogP contribution in [-0.4, -0.2) is 23.8 Å². The van der Waals surface area contributed by atoms with Crippen LogP contribution in [-0.2, 0) is 22.6 Å². The molecule has 3 aromatic carbocycles. The summed E-state index contributed by atoms with van der Waals surface area (Å²) in [5.41, 5.74) is 3.26. The molecule has 0 unspecified atom stereocenters. The molecule has 0 spiro atoms. The van der Waals surface area contributed by atoms with Crippen molar-refractivity contribution < 1.29 is 23.4 Å². The summed E-state index contributed by atoms with van der Waals surface area (Å²) in [5, 5.41) is 0.605. The molecule has 7 nitrogen and oxygen atoms in total.